The van der Waals surface area contributed by atoms with E-state index < -0.39 is 0 Å². The van der Waals surface area contributed by atoms with Crippen LogP contribution in [0.1, 0.15) is 11.1 Å². The lowest BCUT2D eigenvalue weighted by atomic mass is 10.0. The number of anilines is 2. The fraction of sp³-hybridized carbons (Fsp3) is 0.167. The second-order valence-corrected chi connectivity index (χ2v) is 7.36. The summed E-state index contributed by atoms with van der Waals surface area (Å²) in [5, 5.41) is 12.6. The van der Waals surface area contributed by atoms with Gasteiger partial charge in [0.25, 0.3) is 5.91 Å². The third kappa shape index (κ3) is 3.66. The van der Waals surface area contributed by atoms with E-state index in [1.807, 2.05) is 60.7 Å². The average molecular weight is 411 g/mol. The van der Waals surface area contributed by atoms with Gasteiger partial charge in [0.15, 0.2) is 0 Å². The van der Waals surface area contributed by atoms with Crippen molar-refractivity contribution in [2.24, 2.45) is 0 Å². The Balaban J connectivity index is 1.45. The summed E-state index contributed by atoms with van der Waals surface area (Å²) in [7, 11) is 1.62. The summed E-state index contributed by atoms with van der Waals surface area (Å²) >= 11 is 0. The van der Waals surface area contributed by atoms with Crippen molar-refractivity contribution in [1.29, 1.82) is 0 Å². The molecule has 31 heavy (non-hydrogen) atoms. The quantitative estimate of drug-likeness (QED) is 0.511. The number of carbonyl (C=O) groups excluding carboxylic acids is 1. The average Bonchev–Trinajstić information content (AvgIpc) is 3.20. The van der Waals surface area contributed by atoms with Crippen molar-refractivity contribution >= 4 is 17.3 Å². The van der Waals surface area contributed by atoms with E-state index in [0.29, 0.717) is 5.82 Å². The molecule has 7 heteroatoms. The Morgan fingerprint density at radius 3 is 2.13 bits per heavy atom. The van der Waals surface area contributed by atoms with Crippen LogP contribution in [0.3, 0.4) is 0 Å². The molecule has 0 fully saturated rings. The molecule has 3 aromatic carbocycles. The van der Waals surface area contributed by atoms with E-state index in [-0.39, 0.29) is 12.5 Å². The summed E-state index contributed by atoms with van der Waals surface area (Å²) in [6, 6.07) is 23.5. The van der Waals surface area contributed by atoms with Gasteiger partial charge in [0.1, 0.15) is 12.3 Å². The van der Waals surface area contributed by atoms with Crippen molar-refractivity contribution in [2.45, 2.75) is 19.4 Å². The molecular formula is C24H21N5O2. The maximum atomic E-state index is 13.5. The van der Waals surface area contributed by atoms with Crippen molar-refractivity contribution < 1.29 is 9.53 Å². The first-order valence-corrected chi connectivity index (χ1v) is 10.1. The van der Waals surface area contributed by atoms with Crippen LogP contribution in [0.2, 0.25) is 0 Å². The molecule has 0 bridgehead atoms. The Labute approximate surface area is 179 Å². The molecule has 0 aliphatic carbocycles. The highest BCUT2D eigenvalue weighted by atomic mass is 16.5. The second-order valence-electron chi connectivity index (χ2n) is 7.36. The molecule has 1 aromatic heterocycles. The number of rotatable bonds is 4. The largest absolute Gasteiger partial charge is 0.497 e. The molecule has 0 unspecified atom stereocenters. The summed E-state index contributed by atoms with van der Waals surface area (Å²) in [5.74, 6) is 1.11. The lowest BCUT2D eigenvalue weighted by Crippen LogP contribution is -2.31. The van der Waals surface area contributed by atoms with Crippen molar-refractivity contribution in [3.05, 3.63) is 83.9 Å². The Kier molecular flexibility index (Phi) is 4.92. The number of tetrazole rings is 1. The molecule has 0 saturated heterocycles. The third-order valence-corrected chi connectivity index (χ3v) is 5.46. The van der Waals surface area contributed by atoms with Gasteiger partial charge in [0.05, 0.1) is 18.5 Å². The number of nitrogens with zero attached hydrogens (tertiary/aromatic N) is 5. The summed E-state index contributed by atoms with van der Waals surface area (Å²) in [4.78, 5) is 16.6. The summed E-state index contributed by atoms with van der Waals surface area (Å²) < 4.78 is 5.19. The minimum atomic E-state index is -0.111. The molecule has 2 heterocycles. The molecular weight excluding hydrogens is 390 g/mol. The lowest BCUT2D eigenvalue weighted by Gasteiger charge is -2.24. The maximum absolute atomic E-state index is 13.5. The highest BCUT2D eigenvalue weighted by Crippen LogP contribution is 2.36. The van der Waals surface area contributed by atoms with Gasteiger partial charge < -0.3 is 4.74 Å². The highest BCUT2D eigenvalue weighted by Gasteiger charge is 2.26. The number of aromatic nitrogens is 4. The fourth-order valence-electron chi connectivity index (χ4n) is 3.91. The van der Waals surface area contributed by atoms with E-state index in [9.17, 15) is 4.79 Å². The first kappa shape index (κ1) is 19.0. The van der Waals surface area contributed by atoms with Crippen LogP contribution in [0.4, 0.5) is 11.4 Å². The number of hydrogen-bond donors (Lipinski definition) is 0. The van der Waals surface area contributed by atoms with Crippen LogP contribution in [0.15, 0.2) is 72.8 Å². The molecule has 1 aliphatic heterocycles. The number of hydrogen-bond acceptors (Lipinski definition) is 5. The van der Waals surface area contributed by atoms with Crippen LogP contribution in [-0.4, -0.2) is 33.2 Å². The number of ether oxygens (including phenoxy) is 1. The van der Waals surface area contributed by atoms with Gasteiger partial charge in [0, 0.05) is 5.56 Å². The third-order valence-electron chi connectivity index (χ3n) is 5.46. The van der Waals surface area contributed by atoms with Gasteiger partial charge in [-0.2, -0.15) is 4.80 Å². The Morgan fingerprint density at radius 2 is 1.52 bits per heavy atom. The van der Waals surface area contributed by atoms with E-state index in [1.54, 1.807) is 12.0 Å². The van der Waals surface area contributed by atoms with Crippen molar-refractivity contribution in [3.8, 4) is 17.1 Å². The first-order chi connectivity index (χ1) is 15.2. The zero-order valence-corrected chi connectivity index (χ0v) is 17.1. The Bertz CT molecular complexity index is 1190. The van der Waals surface area contributed by atoms with Crippen LogP contribution in [0.25, 0.3) is 11.4 Å². The van der Waals surface area contributed by atoms with Gasteiger partial charge in [-0.25, -0.2) is 0 Å². The molecule has 1 amide bonds. The molecule has 0 spiro atoms. The summed E-state index contributed by atoms with van der Waals surface area (Å²) in [6.07, 6.45) is 1.78. The number of amides is 1. The molecule has 5 rings (SSSR count). The minimum Gasteiger partial charge on any atom is -0.497 e. The summed E-state index contributed by atoms with van der Waals surface area (Å²) in [5.41, 5.74) is 4.93. The van der Waals surface area contributed by atoms with Crippen molar-refractivity contribution in [2.75, 3.05) is 12.0 Å². The van der Waals surface area contributed by atoms with E-state index >= 15 is 0 Å². The molecule has 0 radical (unpaired) electrons. The Morgan fingerprint density at radius 1 is 0.903 bits per heavy atom. The van der Waals surface area contributed by atoms with Crippen LogP contribution in [-0.2, 0) is 24.2 Å². The Hall–Kier alpha value is -4.00. The van der Waals surface area contributed by atoms with Crippen molar-refractivity contribution in [1.82, 2.24) is 20.2 Å². The van der Waals surface area contributed by atoms with Gasteiger partial charge in [-0.15, -0.1) is 10.2 Å². The zero-order valence-electron chi connectivity index (χ0n) is 17.1. The number of aryl methyl sites for hydroxylation is 2. The molecule has 0 saturated carbocycles. The van der Waals surface area contributed by atoms with Crippen molar-refractivity contribution in [3.63, 3.8) is 0 Å². The van der Waals surface area contributed by atoms with Gasteiger partial charge >= 0.3 is 0 Å². The minimum absolute atomic E-state index is 0.00811. The topological polar surface area (TPSA) is 73.1 Å². The molecule has 4 aromatic rings. The number of methoxy groups -OCH3 is 1. The van der Waals surface area contributed by atoms with E-state index in [1.165, 1.54) is 4.80 Å². The number of carbonyl (C=O) groups is 1. The van der Waals surface area contributed by atoms with Crippen LogP contribution in [0.5, 0.6) is 5.75 Å². The molecule has 0 N–H and O–H groups in total. The number of para-hydroxylation sites is 2. The normalized spacial score (nSPS) is 12.6. The van der Waals surface area contributed by atoms with Gasteiger partial charge in [-0.1, -0.05) is 36.4 Å². The molecule has 1 aliphatic rings. The van der Waals surface area contributed by atoms with E-state index in [0.717, 1.165) is 46.7 Å². The van der Waals surface area contributed by atoms with E-state index in [4.69, 9.17) is 4.74 Å². The predicted molar refractivity (Wildman–Crippen MR) is 117 cm³/mol. The predicted octanol–water partition coefficient (Wildman–Crippen LogP) is 3.81. The second kappa shape index (κ2) is 8.02. The fourth-order valence-corrected chi connectivity index (χ4v) is 3.91. The van der Waals surface area contributed by atoms with Gasteiger partial charge in [0.2, 0.25) is 5.82 Å². The van der Waals surface area contributed by atoms with E-state index in [2.05, 4.69) is 27.5 Å². The number of benzene rings is 3. The number of fused-ring (bicyclic) bond motifs is 2. The smallest absolute Gasteiger partial charge is 0.255 e. The molecule has 154 valence electrons. The standard InChI is InChI=1S/C24H21N5O2/c1-31-20-14-12-19(13-15-20)24-25-27-28(26-24)16-23(30)29-21-8-4-2-6-17(21)10-11-18-7-3-5-9-22(18)29/h2-9,12-15H,10-11,16H2,1H3. The molecule has 0 atom stereocenters. The molecule has 7 nitrogen and oxygen atoms in total. The monoisotopic (exact) mass is 411 g/mol. The maximum Gasteiger partial charge on any atom is 0.255 e. The van der Waals surface area contributed by atoms with Crippen LogP contribution in [0, 0.1) is 0 Å². The van der Waals surface area contributed by atoms with Crippen LogP contribution >= 0.6 is 0 Å². The first-order valence-electron chi connectivity index (χ1n) is 10.1. The summed E-state index contributed by atoms with van der Waals surface area (Å²) in [6.45, 7) is -0.00811. The SMILES string of the molecule is COc1ccc(-c2nnn(CC(=O)N3c4ccccc4CCc4ccccc43)n2)cc1. The van der Waals surface area contributed by atoms with Crippen LogP contribution < -0.4 is 9.64 Å². The lowest BCUT2D eigenvalue weighted by molar-refractivity contribution is -0.118. The van der Waals surface area contributed by atoms with Gasteiger partial charge in [-0.05, 0) is 65.6 Å². The zero-order chi connectivity index (χ0) is 21.2. The van der Waals surface area contributed by atoms with Gasteiger partial charge in [-0.3, -0.25) is 9.69 Å². The highest BCUT2D eigenvalue weighted by molar-refractivity contribution is 6.02.